The molecule has 1 N–H and O–H groups in total. The van der Waals surface area contributed by atoms with Crippen LogP contribution in [0.1, 0.15) is 16.1 Å². The topological polar surface area (TPSA) is 100 Å². The average molecular weight is 405 g/mol. The van der Waals surface area contributed by atoms with Crippen LogP contribution in [0.5, 0.6) is 5.75 Å². The summed E-state index contributed by atoms with van der Waals surface area (Å²) in [5, 5.41) is 9.28. The van der Waals surface area contributed by atoms with Crippen molar-refractivity contribution in [3.05, 3.63) is 53.9 Å². The van der Waals surface area contributed by atoms with E-state index in [1.807, 2.05) is 18.2 Å². The number of hydrogen-bond acceptors (Lipinski definition) is 6. The summed E-state index contributed by atoms with van der Waals surface area (Å²) in [5.41, 5.74) is 0.842. The third-order valence-corrected chi connectivity index (χ3v) is 6.68. The van der Waals surface area contributed by atoms with Gasteiger partial charge in [-0.15, -0.1) is 0 Å². The standard InChI is InChI=1S/C19H23N3O5S/c1-27-18-6-5-16(14-17(18)19(23)24)28(25,26)22-12-10-21(11-13-22)9-7-15-4-2-3-8-20-15/h2-6,8,14H,7,9-13H2,1H3,(H,23,24). The first-order chi connectivity index (χ1) is 13.4. The predicted octanol–water partition coefficient (Wildman–Crippen LogP) is 1.34. The van der Waals surface area contributed by atoms with Crippen molar-refractivity contribution in [2.45, 2.75) is 11.3 Å². The number of aromatic nitrogens is 1. The van der Waals surface area contributed by atoms with E-state index < -0.39 is 16.0 Å². The highest BCUT2D eigenvalue weighted by molar-refractivity contribution is 7.89. The largest absolute Gasteiger partial charge is 0.496 e. The molecule has 0 aliphatic carbocycles. The highest BCUT2D eigenvalue weighted by atomic mass is 32.2. The predicted molar refractivity (Wildman–Crippen MR) is 103 cm³/mol. The second-order valence-corrected chi connectivity index (χ2v) is 8.42. The molecule has 1 aromatic heterocycles. The molecule has 1 fully saturated rings. The number of rotatable bonds is 7. The number of aromatic carboxylic acids is 1. The Hall–Kier alpha value is -2.49. The summed E-state index contributed by atoms with van der Waals surface area (Å²) in [5.74, 6) is -1.10. The molecular weight excluding hydrogens is 382 g/mol. The van der Waals surface area contributed by atoms with E-state index in [-0.39, 0.29) is 16.2 Å². The summed E-state index contributed by atoms with van der Waals surface area (Å²) in [6, 6.07) is 9.72. The number of carbonyl (C=O) groups is 1. The molecule has 8 nitrogen and oxygen atoms in total. The normalized spacial score (nSPS) is 16.0. The lowest BCUT2D eigenvalue weighted by molar-refractivity contribution is 0.0693. The van der Waals surface area contributed by atoms with Gasteiger partial charge in [-0.2, -0.15) is 4.31 Å². The van der Waals surface area contributed by atoms with Crippen LogP contribution in [0.15, 0.2) is 47.5 Å². The van der Waals surface area contributed by atoms with Crippen LogP contribution in [0.3, 0.4) is 0 Å². The summed E-state index contributed by atoms with van der Waals surface area (Å²) in [7, 11) is -2.41. The maximum absolute atomic E-state index is 12.9. The van der Waals surface area contributed by atoms with Crippen LogP contribution in [-0.2, 0) is 16.4 Å². The Kier molecular flexibility index (Phi) is 6.28. The highest BCUT2D eigenvalue weighted by Gasteiger charge is 2.29. The summed E-state index contributed by atoms with van der Waals surface area (Å²) >= 11 is 0. The van der Waals surface area contributed by atoms with Crippen molar-refractivity contribution in [3.8, 4) is 5.75 Å². The van der Waals surface area contributed by atoms with E-state index >= 15 is 0 Å². The number of carboxylic acids is 1. The number of methoxy groups -OCH3 is 1. The van der Waals surface area contributed by atoms with Crippen LogP contribution in [0.25, 0.3) is 0 Å². The number of benzene rings is 1. The average Bonchev–Trinajstić information content (AvgIpc) is 2.72. The van der Waals surface area contributed by atoms with E-state index in [1.165, 1.54) is 23.5 Å². The quantitative estimate of drug-likeness (QED) is 0.742. The maximum atomic E-state index is 12.9. The van der Waals surface area contributed by atoms with Gasteiger partial charge in [0.1, 0.15) is 11.3 Å². The number of carboxylic acid groups (broad SMARTS) is 1. The van der Waals surface area contributed by atoms with Gasteiger partial charge in [-0.05, 0) is 30.3 Å². The fourth-order valence-corrected chi connectivity index (χ4v) is 4.62. The van der Waals surface area contributed by atoms with Gasteiger partial charge in [0.25, 0.3) is 0 Å². The molecule has 1 aliphatic rings. The number of hydrogen-bond donors (Lipinski definition) is 1. The summed E-state index contributed by atoms with van der Waals surface area (Å²) in [4.78, 5) is 17.8. The Morgan fingerprint density at radius 3 is 2.54 bits per heavy atom. The number of nitrogens with zero attached hydrogens (tertiary/aromatic N) is 3. The number of ether oxygens (including phenoxy) is 1. The molecule has 1 aromatic carbocycles. The monoisotopic (exact) mass is 405 g/mol. The van der Waals surface area contributed by atoms with Crippen molar-refractivity contribution in [1.29, 1.82) is 0 Å². The Labute approximate surface area is 164 Å². The third-order valence-electron chi connectivity index (χ3n) is 4.78. The van der Waals surface area contributed by atoms with E-state index in [0.29, 0.717) is 26.2 Å². The van der Waals surface area contributed by atoms with Crippen molar-refractivity contribution in [3.63, 3.8) is 0 Å². The first-order valence-corrected chi connectivity index (χ1v) is 10.4. The molecule has 1 aliphatic heterocycles. The second kappa shape index (κ2) is 8.68. The van der Waals surface area contributed by atoms with E-state index in [9.17, 15) is 18.3 Å². The van der Waals surface area contributed by atoms with E-state index in [4.69, 9.17) is 4.74 Å². The molecule has 0 radical (unpaired) electrons. The highest BCUT2D eigenvalue weighted by Crippen LogP contribution is 2.25. The molecule has 0 spiro atoms. The molecular formula is C19H23N3O5S. The van der Waals surface area contributed by atoms with E-state index in [1.54, 1.807) is 6.20 Å². The molecule has 1 saturated heterocycles. The molecule has 28 heavy (non-hydrogen) atoms. The first-order valence-electron chi connectivity index (χ1n) is 8.95. The Bertz CT molecular complexity index is 926. The van der Waals surface area contributed by atoms with Gasteiger partial charge in [-0.25, -0.2) is 13.2 Å². The zero-order valence-corrected chi connectivity index (χ0v) is 16.4. The van der Waals surface area contributed by atoms with E-state index in [0.717, 1.165) is 24.7 Å². The van der Waals surface area contributed by atoms with Crippen molar-refractivity contribution in [1.82, 2.24) is 14.2 Å². The van der Waals surface area contributed by atoms with Gasteiger partial charge in [-0.1, -0.05) is 6.07 Å². The van der Waals surface area contributed by atoms with E-state index in [2.05, 4.69) is 9.88 Å². The minimum absolute atomic E-state index is 0.0346. The fourth-order valence-electron chi connectivity index (χ4n) is 3.18. The van der Waals surface area contributed by atoms with Crippen molar-refractivity contribution in [2.75, 3.05) is 39.8 Å². The van der Waals surface area contributed by atoms with Crippen LogP contribution in [0, 0.1) is 0 Å². The number of sulfonamides is 1. The minimum atomic E-state index is -3.76. The molecule has 2 heterocycles. The molecule has 150 valence electrons. The number of piperazine rings is 1. The van der Waals surface area contributed by atoms with Gasteiger partial charge in [0, 0.05) is 51.0 Å². The molecule has 0 unspecified atom stereocenters. The summed E-state index contributed by atoms with van der Waals surface area (Å²) < 4.78 is 32.2. The SMILES string of the molecule is COc1ccc(S(=O)(=O)N2CCN(CCc3ccccn3)CC2)cc1C(=O)O. The van der Waals surface area contributed by atoms with Crippen molar-refractivity contribution >= 4 is 16.0 Å². The van der Waals surface area contributed by atoms with Gasteiger partial charge in [0.15, 0.2) is 0 Å². The lowest BCUT2D eigenvalue weighted by atomic mass is 10.2. The zero-order valence-electron chi connectivity index (χ0n) is 15.6. The van der Waals surface area contributed by atoms with Gasteiger partial charge in [0.05, 0.1) is 12.0 Å². The van der Waals surface area contributed by atoms with Gasteiger partial charge in [0.2, 0.25) is 10.0 Å². The maximum Gasteiger partial charge on any atom is 0.339 e. The Morgan fingerprint density at radius 1 is 1.18 bits per heavy atom. The van der Waals surface area contributed by atoms with Crippen LogP contribution < -0.4 is 4.74 Å². The number of pyridine rings is 1. The molecule has 3 rings (SSSR count). The fraction of sp³-hybridized carbons (Fsp3) is 0.368. The van der Waals surface area contributed by atoms with Crippen LogP contribution in [0.2, 0.25) is 0 Å². The lowest BCUT2D eigenvalue weighted by Crippen LogP contribution is -2.49. The molecule has 0 saturated carbocycles. The van der Waals surface area contributed by atoms with Crippen LogP contribution in [-0.4, -0.2) is 73.5 Å². The molecule has 0 atom stereocenters. The van der Waals surface area contributed by atoms with Crippen LogP contribution >= 0.6 is 0 Å². The first kappa shape index (κ1) is 20.2. The molecule has 0 amide bonds. The van der Waals surface area contributed by atoms with Gasteiger partial charge >= 0.3 is 5.97 Å². The van der Waals surface area contributed by atoms with Crippen molar-refractivity contribution in [2.24, 2.45) is 0 Å². The second-order valence-electron chi connectivity index (χ2n) is 6.48. The van der Waals surface area contributed by atoms with Crippen LogP contribution in [0.4, 0.5) is 0 Å². The summed E-state index contributed by atoms with van der Waals surface area (Å²) in [6.07, 6.45) is 2.58. The van der Waals surface area contributed by atoms with Crippen molar-refractivity contribution < 1.29 is 23.1 Å². The smallest absolute Gasteiger partial charge is 0.339 e. The zero-order chi connectivity index (χ0) is 20.1. The molecule has 0 bridgehead atoms. The van der Waals surface area contributed by atoms with Gasteiger partial charge in [-0.3, -0.25) is 4.98 Å². The molecule has 9 heteroatoms. The Morgan fingerprint density at radius 2 is 1.93 bits per heavy atom. The van der Waals surface area contributed by atoms with Gasteiger partial charge < -0.3 is 14.7 Å². The minimum Gasteiger partial charge on any atom is -0.496 e. The third kappa shape index (κ3) is 4.49. The Balaban J connectivity index is 1.64. The summed E-state index contributed by atoms with van der Waals surface area (Å²) in [6.45, 7) is 2.77. The molecule has 2 aromatic rings. The lowest BCUT2D eigenvalue weighted by Gasteiger charge is -2.34.